The third-order valence-electron chi connectivity index (χ3n) is 3.07. The van der Waals surface area contributed by atoms with Crippen LogP contribution in [0.4, 0.5) is 0 Å². The maximum Gasteiger partial charge on any atom is 0.132 e. The molecule has 2 rings (SSSR count). The Morgan fingerprint density at radius 3 is 2.62 bits per heavy atom. The summed E-state index contributed by atoms with van der Waals surface area (Å²) in [5.41, 5.74) is 2.17. The second-order valence-corrected chi connectivity index (χ2v) is 5.12. The summed E-state index contributed by atoms with van der Waals surface area (Å²) in [6.45, 7) is 0.724. The van der Waals surface area contributed by atoms with Crippen molar-refractivity contribution in [3.63, 3.8) is 0 Å². The molecule has 1 N–H and O–H groups in total. The summed E-state index contributed by atoms with van der Waals surface area (Å²) in [5, 5.41) is 12.5. The van der Waals surface area contributed by atoms with E-state index in [-0.39, 0.29) is 0 Å². The van der Waals surface area contributed by atoms with E-state index < -0.39 is 0 Å². The second kappa shape index (κ2) is 7.68. The Labute approximate surface area is 130 Å². The lowest BCUT2D eigenvalue weighted by molar-refractivity contribution is 0.473. The first-order valence-corrected chi connectivity index (χ1v) is 7.17. The van der Waals surface area contributed by atoms with Crippen LogP contribution in [0.3, 0.4) is 0 Å². The maximum absolute atomic E-state index is 8.69. The van der Waals surface area contributed by atoms with Gasteiger partial charge in [0.25, 0.3) is 0 Å². The number of benzene rings is 2. The highest BCUT2D eigenvalue weighted by Crippen LogP contribution is 2.28. The summed E-state index contributed by atoms with van der Waals surface area (Å²) in [6.07, 6.45) is 1.24. The van der Waals surface area contributed by atoms with Crippen molar-refractivity contribution in [2.24, 2.45) is 0 Å². The topological polar surface area (TPSA) is 45.0 Å². The van der Waals surface area contributed by atoms with Crippen molar-refractivity contribution in [3.8, 4) is 17.6 Å². The van der Waals surface area contributed by atoms with Crippen molar-refractivity contribution in [2.75, 3.05) is 7.05 Å². The van der Waals surface area contributed by atoms with Crippen LogP contribution in [0, 0.1) is 11.3 Å². The minimum absolute atomic E-state index is 0.506. The number of nitriles is 1. The van der Waals surface area contributed by atoms with Gasteiger partial charge in [0.05, 0.1) is 6.07 Å². The van der Waals surface area contributed by atoms with E-state index in [1.807, 2.05) is 37.4 Å². The van der Waals surface area contributed by atoms with E-state index >= 15 is 0 Å². The fourth-order valence-electron chi connectivity index (χ4n) is 2.02. The highest BCUT2D eigenvalue weighted by molar-refractivity contribution is 6.30. The summed E-state index contributed by atoms with van der Waals surface area (Å²) < 4.78 is 5.96. The molecular weight excluding hydrogens is 284 g/mol. The van der Waals surface area contributed by atoms with Gasteiger partial charge >= 0.3 is 0 Å². The van der Waals surface area contributed by atoms with E-state index in [1.54, 1.807) is 12.1 Å². The molecule has 0 aliphatic heterocycles. The lowest BCUT2D eigenvalue weighted by Gasteiger charge is -2.13. The molecule has 0 saturated heterocycles. The molecule has 0 atom stereocenters. The summed E-state index contributed by atoms with van der Waals surface area (Å²) in [7, 11) is 1.90. The zero-order valence-corrected chi connectivity index (χ0v) is 12.7. The van der Waals surface area contributed by atoms with Gasteiger partial charge in [-0.3, -0.25) is 0 Å². The van der Waals surface area contributed by atoms with Crippen LogP contribution < -0.4 is 10.1 Å². The zero-order chi connectivity index (χ0) is 15.1. The number of nitrogens with zero attached hydrogens (tertiary/aromatic N) is 1. The Morgan fingerprint density at radius 1 is 1.19 bits per heavy atom. The molecule has 108 valence electrons. The molecule has 0 spiro atoms. The first-order valence-electron chi connectivity index (χ1n) is 6.79. The molecule has 0 unspecified atom stereocenters. The average Bonchev–Trinajstić information content (AvgIpc) is 2.50. The van der Waals surface area contributed by atoms with Crippen molar-refractivity contribution < 1.29 is 4.74 Å². The molecular formula is C17H17ClN2O. The van der Waals surface area contributed by atoms with Gasteiger partial charge in [0.2, 0.25) is 0 Å². The van der Waals surface area contributed by atoms with Crippen LogP contribution in [-0.2, 0) is 13.0 Å². The van der Waals surface area contributed by atoms with E-state index in [2.05, 4.69) is 11.4 Å². The molecule has 0 radical (unpaired) electrons. The Hall–Kier alpha value is -2.02. The van der Waals surface area contributed by atoms with E-state index in [4.69, 9.17) is 21.6 Å². The van der Waals surface area contributed by atoms with Crippen LogP contribution >= 0.6 is 11.6 Å². The number of hydrogen-bond acceptors (Lipinski definition) is 3. The van der Waals surface area contributed by atoms with Gasteiger partial charge in [0.1, 0.15) is 11.5 Å². The van der Waals surface area contributed by atoms with Crippen LogP contribution in [0.25, 0.3) is 0 Å². The van der Waals surface area contributed by atoms with Gasteiger partial charge < -0.3 is 10.1 Å². The smallest absolute Gasteiger partial charge is 0.132 e. The number of ether oxygens (including phenoxy) is 1. The number of halogens is 1. The van der Waals surface area contributed by atoms with Gasteiger partial charge in [-0.25, -0.2) is 0 Å². The van der Waals surface area contributed by atoms with Crippen molar-refractivity contribution in [1.82, 2.24) is 5.32 Å². The van der Waals surface area contributed by atoms with Crippen molar-refractivity contribution in [3.05, 3.63) is 58.6 Å². The standard InChI is InChI=1S/C17H17ClN2O/c1-20-12-14-5-4-13(3-2-10-19)11-17(14)21-16-8-6-15(18)7-9-16/h4-9,11,20H,2-3,12H2,1H3. The van der Waals surface area contributed by atoms with Crippen molar-refractivity contribution in [2.45, 2.75) is 19.4 Å². The van der Waals surface area contributed by atoms with E-state index in [1.165, 1.54) is 0 Å². The Kier molecular flexibility index (Phi) is 5.62. The molecule has 3 nitrogen and oxygen atoms in total. The highest BCUT2D eigenvalue weighted by atomic mass is 35.5. The average molecular weight is 301 g/mol. The van der Waals surface area contributed by atoms with Gasteiger partial charge in [-0.2, -0.15) is 5.26 Å². The van der Waals surface area contributed by atoms with Crippen LogP contribution in [0.15, 0.2) is 42.5 Å². The molecule has 2 aromatic rings. The summed E-state index contributed by atoms with van der Waals surface area (Å²) in [5.74, 6) is 1.55. The lowest BCUT2D eigenvalue weighted by atomic mass is 10.1. The van der Waals surface area contributed by atoms with Gasteiger partial charge in [0, 0.05) is 23.6 Å². The normalized spacial score (nSPS) is 10.1. The second-order valence-electron chi connectivity index (χ2n) is 4.69. The van der Waals surface area contributed by atoms with E-state index in [0.29, 0.717) is 11.4 Å². The minimum Gasteiger partial charge on any atom is -0.457 e. The van der Waals surface area contributed by atoms with Gasteiger partial charge in [0.15, 0.2) is 0 Å². The zero-order valence-electron chi connectivity index (χ0n) is 11.9. The quantitative estimate of drug-likeness (QED) is 0.864. The van der Waals surface area contributed by atoms with Crippen LogP contribution in [0.5, 0.6) is 11.5 Å². The fraction of sp³-hybridized carbons (Fsp3) is 0.235. The highest BCUT2D eigenvalue weighted by Gasteiger charge is 2.06. The Morgan fingerprint density at radius 2 is 1.95 bits per heavy atom. The number of nitrogens with one attached hydrogen (secondary N) is 1. The molecule has 0 bridgehead atoms. The fourth-order valence-corrected chi connectivity index (χ4v) is 2.14. The minimum atomic E-state index is 0.506. The summed E-state index contributed by atoms with van der Waals surface area (Å²) in [4.78, 5) is 0. The molecule has 0 amide bonds. The van der Waals surface area contributed by atoms with E-state index in [9.17, 15) is 0 Å². The summed E-state index contributed by atoms with van der Waals surface area (Å²) >= 11 is 5.88. The largest absolute Gasteiger partial charge is 0.457 e. The molecule has 0 aliphatic rings. The molecule has 0 fully saturated rings. The molecule has 2 aromatic carbocycles. The van der Waals surface area contributed by atoms with Crippen molar-refractivity contribution >= 4 is 11.6 Å². The monoisotopic (exact) mass is 300 g/mol. The predicted octanol–water partition coefficient (Wildman–Crippen LogP) is 4.31. The molecule has 4 heteroatoms. The first kappa shape index (κ1) is 15.4. The van der Waals surface area contributed by atoms with Crippen LogP contribution in [0.2, 0.25) is 5.02 Å². The molecule has 0 heterocycles. The van der Waals surface area contributed by atoms with E-state index in [0.717, 1.165) is 35.6 Å². The van der Waals surface area contributed by atoms with Crippen LogP contribution in [0.1, 0.15) is 17.5 Å². The lowest BCUT2D eigenvalue weighted by Crippen LogP contribution is -2.06. The molecule has 0 aromatic heterocycles. The van der Waals surface area contributed by atoms with Gasteiger partial charge in [-0.05, 0) is 49.4 Å². The number of hydrogen-bond donors (Lipinski definition) is 1. The number of aryl methyl sites for hydroxylation is 1. The predicted molar refractivity (Wildman–Crippen MR) is 84.7 cm³/mol. The Bertz CT molecular complexity index is 632. The van der Waals surface area contributed by atoms with Crippen LogP contribution in [-0.4, -0.2) is 7.05 Å². The van der Waals surface area contributed by atoms with Gasteiger partial charge in [-0.15, -0.1) is 0 Å². The SMILES string of the molecule is CNCc1ccc(CCC#N)cc1Oc1ccc(Cl)cc1. The summed E-state index contributed by atoms with van der Waals surface area (Å²) in [6, 6.07) is 15.5. The third-order valence-corrected chi connectivity index (χ3v) is 3.32. The Balaban J connectivity index is 2.25. The van der Waals surface area contributed by atoms with Gasteiger partial charge in [-0.1, -0.05) is 23.7 Å². The number of rotatable bonds is 6. The molecule has 0 aliphatic carbocycles. The van der Waals surface area contributed by atoms with Crippen molar-refractivity contribution in [1.29, 1.82) is 5.26 Å². The first-order chi connectivity index (χ1) is 10.2. The molecule has 21 heavy (non-hydrogen) atoms. The molecule has 0 saturated carbocycles. The third kappa shape index (κ3) is 4.49. The maximum atomic E-state index is 8.69.